The van der Waals surface area contributed by atoms with E-state index in [1.165, 1.54) is 5.56 Å². The van der Waals surface area contributed by atoms with Gasteiger partial charge in [-0.2, -0.15) is 0 Å². The van der Waals surface area contributed by atoms with Gasteiger partial charge in [-0.3, -0.25) is 4.79 Å². The normalized spacial score (nSPS) is 12.1. The number of anilines is 1. The second-order valence-corrected chi connectivity index (χ2v) is 7.64. The number of carbonyl (C=O) groups is 1. The average Bonchev–Trinajstić information content (AvgIpc) is 3.33. The molecule has 0 aliphatic heterocycles. The molecule has 1 aromatic carbocycles. The van der Waals surface area contributed by atoms with Gasteiger partial charge in [0.05, 0.1) is 11.5 Å². The molecule has 7 nitrogen and oxygen atoms in total. The highest BCUT2D eigenvalue weighted by Crippen LogP contribution is 2.22. The summed E-state index contributed by atoms with van der Waals surface area (Å²) in [5, 5.41) is 13.2. The standard InChI is InChI=1S/C20H24N4O3S/c1-14-6-7-16(15(2)11-14)21-18(25)12-24(8-9-26-3)13-19-22-23-20(27-19)17-5-4-10-28-17/h4-7,10-11H,8-9,12-13H2,1-3H3,(H,21,25)/p+1. The molecule has 0 radical (unpaired) electrons. The first-order chi connectivity index (χ1) is 13.5. The molecule has 1 amide bonds. The second-order valence-electron chi connectivity index (χ2n) is 6.69. The highest BCUT2D eigenvalue weighted by atomic mass is 32.1. The third-order valence-electron chi connectivity index (χ3n) is 4.33. The lowest BCUT2D eigenvalue weighted by Gasteiger charge is -2.17. The number of quaternary nitrogens is 1. The molecule has 0 fully saturated rings. The quantitative estimate of drug-likeness (QED) is 0.574. The van der Waals surface area contributed by atoms with Crippen molar-refractivity contribution >= 4 is 22.9 Å². The van der Waals surface area contributed by atoms with Crippen LogP contribution in [0.5, 0.6) is 0 Å². The maximum absolute atomic E-state index is 12.6. The van der Waals surface area contributed by atoms with Crippen molar-refractivity contribution in [3.05, 3.63) is 52.7 Å². The third kappa shape index (κ3) is 5.48. The Morgan fingerprint density at radius 1 is 1.29 bits per heavy atom. The minimum atomic E-state index is -0.0592. The van der Waals surface area contributed by atoms with Crippen molar-refractivity contribution in [3.63, 3.8) is 0 Å². The summed E-state index contributed by atoms with van der Waals surface area (Å²) in [6.07, 6.45) is 0. The van der Waals surface area contributed by atoms with E-state index in [1.54, 1.807) is 18.4 Å². The SMILES string of the molecule is COCC[NH+](CC(=O)Nc1ccc(C)cc1C)Cc1nnc(-c2cccs2)o1. The molecule has 2 aromatic heterocycles. The smallest absolute Gasteiger partial charge is 0.279 e. The molecule has 2 heterocycles. The number of carbonyl (C=O) groups excluding carboxylic acids is 1. The topological polar surface area (TPSA) is 81.7 Å². The molecule has 0 bridgehead atoms. The van der Waals surface area contributed by atoms with Gasteiger partial charge in [0.1, 0.15) is 6.54 Å². The molecule has 0 aliphatic carbocycles. The van der Waals surface area contributed by atoms with Crippen molar-refractivity contribution in [2.75, 3.05) is 32.1 Å². The van der Waals surface area contributed by atoms with Crippen LogP contribution < -0.4 is 10.2 Å². The van der Waals surface area contributed by atoms with Crippen LogP contribution in [-0.2, 0) is 16.1 Å². The Labute approximate surface area is 168 Å². The highest BCUT2D eigenvalue weighted by molar-refractivity contribution is 7.13. The third-order valence-corrected chi connectivity index (χ3v) is 5.18. The van der Waals surface area contributed by atoms with E-state index < -0.39 is 0 Å². The van der Waals surface area contributed by atoms with Crippen LogP contribution in [0.3, 0.4) is 0 Å². The summed E-state index contributed by atoms with van der Waals surface area (Å²) in [6, 6.07) is 9.85. The van der Waals surface area contributed by atoms with Crippen molar-refractivity contribution in [2.45, 2.75) is 20.4 Å². The number of aryl methyl sites for hydroxylation is 2. The summed E-state index contributed by atoms with van der Waals surface area (Å²) >= 11 is 1.55. The molecule has 8 heteroatoms. The number of rotatable bonds is 9. The van der Waals surface area contributed by atoms with Gasteiger partial charge in [0, 0.05) is 12.8 Å². The number of ether oxygens (including phenoxy) is 1. The molecule has 1 atom stereocenters. The van der Waals surface area contributed by atoms with Crippen LogP contribution >= 0.6 is 11.3 Å². The summed E-state index contributed by atoms with van der Waals surface area (Å²) in [5.41, 5.74) is 3.05. The number of hydrogen-bond acceptors (Lipinski definition) is 6. The van der Waals surface area contributed by atoms with Crippen LogP contribution in [0.1, 0.15) is 17.0 Å². The summed E-state index contributed by atoms with van der Waals surface area (Å²) < 4.78 is 11.0. The maximum Gasteiger partial charge on any atom is 0.279 e. The largest absolute Gasteiger partial charge is 0.414 e. The molecule has 148 valence electrons. The summed E-state index contributed by atoms with van der Waals surface area (Å²) in [7, 11) is 1.65. The minimum Gasteiger partial charge on any atom is -0.414 e. The van der Waals surface area contributed by atoms with E-state index >= 15 is 0 Å². The van der Waals surface area contributed by atoms with Crippen molar-refractivity contribution in [1.29, 1.82) is 0 Å². The van der Waals surface area contributed by atoms with Crippen molar-refractivity contribution in [1.82, 2.24) is 10.2 Å². The predicted molar refractivity (Wildman–Crippen MR) is 108 cm³/mol. The van der Waals surface area contributed by atoms with Crippen molar-refractivity contribution < 1.29 is 18.8 Å². The lowest BCUT2D eigenvalue weighted by Crippen LogP contribution is -3.12. The predicted octanol–water partition coefficient (Wildman–Crippen LogP) is 2.08. The van der Waals surface area contributed by atoms with E-state index in [9.17, 15) is 4.79 Å². The number of nitrogens with one attached hydrogen (secondary N) is 2. The molecule has 0 spiro atoms. The van der Waals surface area contributed by atoms with Gasteiger partial charge < -0.3 is 19.4 Å². The van der Waals surface area contributed by atoms with Gasteiger partial charge in [-0.05, 0) is 36.9 Å². The fourth-order valence-corrected chi connectivity index (χ4v) is 3.54. The fourth-order valence-electron chi connectivity index (χ4n) is 2.90. The molecule has 0 aliphatic rings. The van der Waals surface area contributed by atoms with Crippen LogP contribution in [0.25, 0.3) is 10.8 Å². The fraction of sp³-hybridized carbons (Fsp3) is 0.350. The molecule has 0 saturated carbocycles. The highest BCUT2D eigenvalue weighted by Gasteiger charge is 2.19. The van der Waals surface area contributed by atoms with Gasteiger partial charge in [-0.15, -0.1) is 21.5 Å². The molecule has 2 N–H and O–H groups in total. The van der Waals surface area contributed by atoms with Gasteiger partial charge in [-0.1, -0.05) is 23.8 Å². The monoisotopic (exact) mass is 401 g/mol. The zero-order chi connectivity index (χ0) is 19.9. The van der Waals surface area contributed by atoms with Gasteiger partial charge >= 0.3 is 0 Å². The van der Waals surface area contributed by atoms with Gasteiger partial charge in [0.25, 0.3) is 17.7 Å². The minimum absolute atomic E-state index is 0.0592. The number of amides is 1. The molecular formula is C20H25N4O3S+. The Morgan fingerprint density at radius 3 is 2.86 bits per heavy atom. The van der Waals surface area contributed by atoms with E-state index in [0.717, 1.165) is 21.0 Å². The molecule has 1 unspecified atom stereocenters. The zero-order valence-corrected chi connectivity index (χ0v) is 17.1. The van der Waals surface area contributed by atoms with Gasteiger partial charge in [0.2, 0.25) is 0 Å². The van der Waals surface area contributed by atoms with Crippen molar-refractivity contribution in [2.24, 2.45) is 0 Å². The molecule has 0 saturated heterocycles. The number of methoxy groups -OCH3 is 1. The van der Waals surface area contributed by atoms with E-state index in [-0.39, 0.29) is 12.5 Å². The number of nitrogens with zero attached hydrogens (tertiary/aromatic N) is 2. The number of thiophene rings is 1. The summed E-state index contributed by atoms with van der Waals surface area (Å²) in [5.74, 6) is 0.959. The first-order valence-electron chi connectivity index (χ1n) is 9.11. The molecule has 3 rings (SSSR count). The van der Waals surface area contributed by atoms with Crippen LogP contribution in [-0.4, -0.2) is 42.9 Å². The van der Waals surface area contributed by atoms with E-state index in [1.807, 2.05) is 43.5 Å². The molecule has 3 aromatic rings. The van der Waals surface area contributed by atoms with Crippen LogP contribution in [0.4, 0.5) is 5.69 Å². The number of benzene rings is 1. The summed E-state index contributed by atoms with van der Waals surface area (Å²) in [4.78, 5) is 14.5. The molecular weight excluding hydrogens is 376 g/mol. The van der Waals surface area contributed by atoms with Crippen LogP contribution in [0.2, 0.25) is 0 Å². The van der Waals surface area contributed by atoms with Crippen molar-refractivity contribution in [3.8, 4) is 10.8 Å². The summed E-state index contributed by atoms with van der Waals surface area (Å²) in [6.45, 7) is 5.97. The van der Waals surface area contributed by atoms with Crippen LogP contribution in [0, 0.1) is 13.8 Å². The maximum atomic E-state index is 12.6. The number of hydrogen-bond donors (Lipinski definition) is 2. The first-order valence-corrected chi connectivity index (χ1v) is 9.99. The Morgan fingerprint density at radius 2 is 2.14 bits per heavy atom. The second kappa shape index (κ2) is 9.59. The first kappa shape index (κ1) is 20.2. The zero-order valence-electron chi connectivity index (χ0n) is 16.3. The number of aromatic nitrogens is 2. The van der Waals surface area contributed by atoms with Crippen LogP contribution in [0.15, 0.2) is 40.1 Å². The molecule has 28 heavy (non-hydrogen) atoms. The Hall–Kier alpha value is -2.55. The lowest BCUT2D eigenvalue weighted by molar-refractivity contribution is -0.907. The van der Waals surface area contributed by atoms with E-state index in [0.29, 0.717) is 31.5 Å². The Kier molecular flexibility index (Phi) is 6.91. The van der Waals surface area contributed by atoms with Gasteiger partial charge in [-0.25, -0.2) is 0 Å². The van der Waals surface area contributed by atoms with E-state index in [4.69, 9.17) is 9.15 Å². The van der Waals surface area contributed by atoms with E-state index in [2.05, 4.69) is 21.6 Å². The Balaban J connectivity index is 1.63. The lowest BCUT2D eigenvalue weighted by atomic mass is 10.1. The average molecular weight is 402 g/mol. The van der Waals surface area contributed by atoms with Gasteiger partial charge in [0.15, 0.2) is 13.1 Å². The Bertz CT molecular complexity index is 908.